The molecule has 1 aliphatic rings. The van der Waals surface area contributed by atoms with Crippen LogP contribution in [0.4, 0.5) is 8.78 Å². The molecule has 0 unspecified atom stereocenters. The number of hydrogen-bond donors (Lipinski definition) is 0. The number of imidazole rings is 1. The number of nitrogens with zero attached hydrogens (tertiary/aromatic N) is 3. The van der Waals surface area contributed by atoms with Crippen LogP contribution in [-0.4, -0.2) is 9.13 Å². The molecular formula is C20H17F2N3O. The molecule has 2 aromatic carbocycles. The average Bonchev–Trinajstić information content (AvgIpc) is 3.31. The minimum Gasteiger partial charge on any atom is -0.292 e. The second-order valence-corrected chi connectivity index (χ2v) is 7.34. The van der Waals surface area contributed by atoms with Crippen LogP contribution < -0.4 is 5.69 Å². The van der Waals surface area contributed by atoms with Gasteiger partial charge >= 0.3 is 5.69 Å². The lowest BCUT2D eigenvalue weighted by molar-refractivity contribution is 0.460. The Morgan fingerprint density at radius 2 is 1.92 bits per heavy atom. The molecule has 1 aliphatic carbocycles. The van der Waals surface area contributed by atoms with Crippen LogP contribution in [0.2, 0.25) is 0 Å². The minimum atomic E-state index is -0.657. The minimum absolute atomic E-state index is 0.0119. The summed E-state index contributed by atoms with van der Waals surface area (Å²) in [5, 5.41) is 9.02. The summed E-state index contributed by atoms with van der Waals surface area (Å²) in [7, 11) is 1.52. The molecular weight excluding hydrogens is 336 g/mol. The molecule has 1 heterocycles. The van der Waals surface area contributed by atoms with Gasteiger partial charge in [0.25, 0.3) is 0 Å². The van der Waals surface area contributed by atoms with Crippen LogP contribution in [0.25, 0.3) is 22.2 Å². The highest BCUT2D eigenvalue weighted by atomic mass is 19.1. The van der Waals surface area contributed by atoms with E-state index in [0.717, 1.165) is 18.9 Å². The van der Waals surface area contributed by atoms with Crippen LogP contribution in [0.1, 0.15) is 25.3 Å². The zero-order valence-corrected chi connectivity index (χ0v) is 14.5. The van der Waals surface area contributed by atoms with Crippen molar-refractivity contribution in [2.24, 2.45) is 12.5 Å². The Labute approximate surface area is 148 Å². The van der Waals surface area contributed by atoms with Crippen molar-refractivity contribution in [3.63, 3.8) is 0 Å². The van der Waals surface area contributed by atoms with Crippen molar-refractivity contribution in [3.05, 3.63) is 58.0 Å². The first-order valence-corrected chi connectivity index (χ1v) is 8.42. The maximum atomic E-state index is 15.3. The Kier molecular flexibility index (Phi) is 3.52. The molecule has 3 aromatic rings. The Morgan fingerprint density at radius 1 is 1.19 bits per heavy atom. The normalized spacial score (nSPS) is 15.2. The predicted octanol–water partition coefficient (Wildman–Crippen LogP) is 3.96. The number of halogens is 2. The van der Waals surface area contributed by atoms with E-state index in [0.29, 0.717) is 12.1 Å². The van der Waals surface area contributed by atoms with E-state index >= 15 is 4.39 Å². The third kappa shape index (κ3) is 2.43. The monoisotopic (exact) mass is 353 g/mol. The van der Waals surface area contributed by atoms with Crippen LogP contribution in [0.15, 0.2) is 35.1 Å². The van der Waals surface area contributed by atoms with E-state index in [1.54, 1.807) is 10.6 Å². The average molecular weight is 353 g/mol. The van der Waals surface area contributed by atoms with Crippen molar-refractivity contribution >= 4 is 11.0 Å². The molecule has 0 spiro atoms. The van der Waals surface area contributed by atoms with Crippen molar-refractivity contribution in [1.29, 1.82) is 5.26 Å². The number of fused-ring (bicyclic) bond motifs is 1. The molecule has 6 heteroatoms. The predicted molar refractivity (Wildman–Crippen MR) is 94.6 cm³/mol. The third-order valence-electron chi connectivity index (χ3n) is 5.27. The molecule has 0 atom stereocenters. The van der Waals surface area contributed by atoms with Gasteiger partial charge in [0.1, 0.15) is 11.3 Å². The first-order chi connectivity index (χ1) is 12.3. The van der Waals surface area contributed by atoms with Crippen molar-refractivity contribution in [2.45, 2.75) is 26.3 Å². The quantitative estimate of drug-likeness (QED) is 0.716. The number of aryl methyl sites for hydroxylation is 1. The zero-order chi connectivity index (χ0) is 18.6. The molecule has 0 aliphatic heterocycles. The number of benzene rings is 2. The molecule has 4 nitrogen and oxygen atoms in total. The molecule has 1 aromatic heterocycles. The SMILES string of the molecule is Cn1c(=O)n(CC2(C)CC2)c2ccc(-c3cc(C#N)ccc3F)c(F)c21. The molecule has 26 heavy (non-hydrogen) atoms. The Bertz CT molecular complexity index is 1150. The van der Waals surface area contributed by atoms with Crippen molar-refractivity contribution in [3.8, 4) is 17.2 Å². The van der Waals surface area contributed by atoms with E-state index in [1.807, 2.05) is 6.07 Å². The summed E-state index contributed by atoms with van der Waals surface area (Å²) in [6.07, 6.45) is 2.09. The van der Waals surface area contributed by atoms with E-state index in [4.69, 9.17) is 5.26 Å². The number of aromatic nitrogens is 2. The molecule has 4 rings (SSSR count). The second-order valence-electron chi connectivity index (χ2n) is 7.34. The van der Waals surface area contributed by atoms with E-state index in [2.05, 4.69) is 6.92 Å². The van der Waals surface area contributed by atoms with Crippen molar-refractivity contribution < 1.29 is 8.78 Å². The van der Waals surface area contributed by atoms with Gasteiger partial charge in [-0.05, 0) is 48.6 Å². The van der Waals surface area contributed by atoms with Crippen LogP contribution in [0.3, 0.4) is 0 Å². The van der Waals surface area contributed by atoms with Gasteiger partial charge in [0.05, 0.1) is 17.1 Å². The first kappa shape index (κ1) is 16.5. The Hall–Kier alpha value is -2.94. The molecule has 0 amide bonds. The zero-order valence-electron chi connectivity index (χ0n) is 14.5. The topological polar surface area (TPSA) is 50.7 Å². The van der Waals surface area contributed by atoms with Gasteiger partial charge in [0.2, 0.25) is 0 Å². The van der Waals surface area contributed by atoms with Crippen molar-refractivity contribution in [1.82, 2.24) is 9.13 Å². The molecule has 1 fully saturated rings. The fourth-order valence-electron chi connectivity index (χ4n) is 3.39. The van der Waals surface area contributed by atoms with Gasteiger partial charge in [0, 0.05) is 24.7 Å². The molecule has 0 N–H and O–H groups in total. The summed E-state index contributed by atoms with van der Waals surface area (Å²) >= 11 is 0. The summed E-state index contributed by atoms with van der Waals surface area (Å²) in [6, 6.07) is 8.87. The second kappa shape index (κ2) is 5.53. The van der Waals surface area contributed by atoms with Gasteiger partial charge in [-0.15, -0.1) is 0 Å². The standard InChI is InChI=1S/C20H17F2N3O/c1-20(7-8-20)11-25-16-6-4-13(17(22)18(16)24(2)19(25)26)14-9-12(10-23)3-5-15(14)21/h3-6,9H,7-8,11H2,1-2H3. The third-order valence-corrected chi connectivity index (χ3v) is 5.27. The lowest BCUT2D eigenvalue weighted by Gasteiger charge is -2.10. The summed E-state index contributed by atoms with van der Waals surface area (Å²) < 4.78 is 32.4. The van der Waals surface area contributed by atoms with Crippen LogP contribution in [0, 0.1) is 28.4 Å². The lowest BCUT2D eigenvalue weighted by Crippen LogP contribution is -2.25. The van der Waals surface area contributed by atoms with E-state index in [1.165, 1.54) is 29.8 Å². The first-order valence-electron chi connectivity index (χ1n) is 8.42. The highest BCUT2D eigenvalue weighted by molar-refractivity contribution is 5.84. The maximum Gasteiger partial charge on any atom is 0.328 e. The van der Waals surface area contributed by atoms with Gasteiger partial charge < -0.3 is 0 Å². The van der Waals surface area contributed by atoms with Crippen LogP contribution >= 0.6 is 0 Å². The lowest BCUT2D eigenvalue weighted by atomic mass is 10.0. The fourth-order valence-corrected chi connectivity index (χ4v) is 3.39. The Balaban J connectivity index is 1.95. The van der Waals surface area contributed by atoms with Gasteiger partial charge in [0.15, 0.2) is 5.82 Å². The van der Waals surface area contributed by atoms with Crippen LogP contribution in [0.5, 0.6) is 0 Å². The number of hydrogen-bond acceptors (Lipinski definition) is 2. The highest BCUT2D eigenvalue weighted by Crippen LogP contribution is 2.46. The summed E-state index contributed by atoms with van der Waals surface area (Å²) in [5.74, 6) is -1.27. The molecule has 0 saturated heterocycles. The summed E-state index contributed by atoms with van der Waals surface area (Å²) in [5.41, 5.74) is 0.752. The number of rotatable bonds is 3. The molecule has 1 saturated carbocycles. The molecule has 132 valence electrons. The van der Waals surface area contributed by atoms with E-state index in [-0.39, 0.29) is 33.3 Å². The summed E-state index contributed by atoms with van der Waals surface area (Å²) in [6.45, 7) is 2.64. The van der Waals surface area contributed by atoms with E-state index in [9.17, 15) is 9.18 Å². The largest absolute Gasteiger partial charge is 0.328 e. The molecule has 0 bridgehead atoms. The number of nitriles is 1. The maximum absolute atomic E-state index is 15.3. The van der Waals surface area contributed by atoms with E-state index < -0.39 is 11.6 Å². The van der Waals surface area contributed by atoms with Crippen molar-refractivity contribution in [2.75, 3.05) is 0 Å². The summed E-state index contributed by atoms with van der Waals surface area (Å²) in [4.78, 5) is 12.6. The fraction of sp³-hybridized carbons (Fsp3) is 0.300. The van der Waals surface area contributed by atoms with Gasteiger partial charge in [-0.3, -0.25) is 9.13 Å². The van der Waals surface area contributed by atoms with Crippen LogP contribution in [-0.2, 0) is 13.6 Å². The smallest absolute Gasteiger partial charge is 0.292 e. The van der Waals surface area contributed by atoms with Gasteiger partial charge in [-0.1, -0.05) is 6.92 Å². The van der Waals surface area contributed by atoms with Gasteiger partial charge in [-0.2, -0.15) is 5.26 Å². The molecule has 0 radical (unpaired) electrons. The highest BCUT2D eigenvalue weighted by Gasteiger charge is 2.38. The van der Waals surface area contributed by atoms with Gasteiger partial charge in [-0.25, -0.2) is 13.6 Å². The Morgan fingerprint density at radius 3 is 2.58 bits per heavy atom.